The van der Waals surface area contributed by atoms with Crippen LogP contribution in [-0.4, -0.2) is 35.7 Å². The van der Waals surface area contributed by atoms with E-state index in [1.54, 1.807) is 29.2 Å². The average molecular weight is 458 g/mol. The van der Waals surface area contributed by atoms with Crippen molar-refractivity contribution in [3.8, 4) is 0 Å². The number of anilines is 1. The predicted octanol–water partition coefficient (Wildman–Crippen LogP) is 4.73. The molecule has 0 bridgehead atoms. The number of benzene rings is 3. The van der Waals surface area contributed by atoms with E-state index < -0.39 is 6.04 Å². The van der Waals surface area contributed by atoms with Gasteiger partial charge in [-0.05, 0) is 42.7 Å². The van der Waals surface area contributed by atoms with E-state index in [2.05, 4.69) is 10.6 Å². The molecule has 1 atom stereocenters. The standard InChI is InChI=1S/C28H31N3O3/c1-3-18-31(20-26(32)29-24-17-11-10-12-21(24)2)27(33)19-25(22-13-6-4-7-14-22)30-28(34)23-15-8-5-9-16-23/h4-17,25H,3,18-20H2,1-2H3,(H,29,32)(H,30,34)/t25-/m1/s1. The van der Waals surface area contributed by atoms with E-state index in [0.29, 0.717) is 12.1 Å². The lowest BCUT2D eigenvalue weighted by molar-refractivity contribution is -0.135. The summed E-state index contributed by atoms with van der Waals surface area (Å²) >= 11 is 0. The van der Waals surface area contributed by atoms with Crippen molar-refractivity contribution >= 4 is 23.4 Å². The molecule has 0 unspecified atom stereocenters. The van der Waals surface area contributed by atoms with Gasteiger partial charge in [0.25, 0.3) is 5.91 Å². The van der Waals surface area contributed by atoms with Crippen LogP contribution in [0.1, 0.15) is 47.3 Å². The van der Waals surface area contributed by atoms with Crippen molar-refractivity contribution < 1.29 is 14.4 Å². The molecule has 0 heterocycles. The Bertz CT molecular complexity index is 1100. The van der Waals surface area contributed by atoms with Crippen molar-refractivity contribution in [1.82, 2.24) is 10.2 Å². The molecule has 176 valence electrons. The predicted molar refractivity (Wildman–Crippen MR) is 134 cm³/mol. The Labute approximate surface area is 201 Å². The van der Waals surface area contributed by atoms with E-state index >= 15 is 0 Å². The van der Waals surface area contributed by atoms with Gasteiger partial charge in [0.2, 0.25) is 11.8 Å². The fraction of sp³-hybridized carbons (Fsp3) is 0.250. The summed E-state index contributed by atoms with van der Waals surface area (Å²) < 4.78 is 0. The Balaban J connectivity index is 1.72. The molecule has 3 rings (SSSR count). The quantitative estimate of drug-likeness (QED) is 0.462. The molecule has 3 amide bonds. The molecule has 2 N–H and O–H groups in total. The molecule has 0 aliphatic heterocycles. The summed E-state index contributed by atoms with van der Waals surface area (Å²) in [6, 6.07) is 25.3. The van der Waals surface area contributed by atoms with Crippen LogP contribution in [0.25, 0.3) is 0 Å². The first kappa shape index (κ1) is 24.7. The van der Waals surface area contributed by atoms with Gasteiger partial charge in [0.1, 0.15) is 0 Å². The molecule has 6 nitrogen and oxygen atoms in total. The van der Waals surface area contributed by atoms with Gasteiger partial charge in [-0.3, -0.25) is 14.4 Å². The van der Waals surface area contributed by atoms with Gasteiger partial charge in [-0.25, -0.2) is 0 Å². The summed E-state index contributed by atoms with van der Waals surface area (Å²) in [5.74, 6) is -0.689. The number of rotatable bonds is 10. The lowest BCUT2D eigenvalue weighted by atomic mass is 10.0. The Morgan fingerprint density at radius 1 is 0.853 bits per heavy atom. The topological polar surface area (TPSA) is 78.5 Å². The molecule has 0 spiro atoms. The summed E-state index contributed by atoms with van der Waals surface area (Å²) in [6.07, 6.45) is 0.774. The van der Waals surface area contributed by atoms with Crippen LogP contribution in [0.3, 0.4) is 0 Å². The fourth-order valence-corrected chi connectivity index (χ4v) is 3.71. The highest BCUT2D eigenvalue weighted by molar-refractivity contribution is 5.96. The van der Waals surface area contributed by atoms with Gasteiger partial charge >= 0.3 is 0 Å². The zero-order valence-electron chi connectivity index (χ0n) is 19.7. The molecule has 0 saturated heterocycles. The van der Waals surface area contributed by atoms with Crippen LogP contribution in [0.4, 0.5) is 5.69 Å². The molecule has 3 aromatic carbocycles. The monoisotopic (exact) mass is 457 g/mol. The molecule has 0 fully saturated rings. The van der Waals surface area contributed by atoms with E-state index in [-0.39, 0.29) is 30.7 Å². The first-order chi connectivity index (χ1) is 16.5. The van der Waals surface area contributed by atoms with Crippen LogP contribution in [0.2, 0.25) is 0 Å². The highest BCUT2D eigenvalue weighted by Gasteiger charge is 2.24. The summed E-state index contributed by atoms with van der Waals surface area (Å²) in [7, 11) is 0. The Kier molecular flexibility index (Phi) is 8.97. The number of nitrogens with one attached hydrogen (secondary N) is 2. The van der Waals surface area contributed by atoms with Crippen molar-refractivity contribution in [2.45, 2.75) is 32.7 Å². The van der Waals surface area contributed by atoms with Crippen molar-refractivity contribution in [2.24, 2.45) is 0 Å². The van der Waals surface area contributed by atoms with Gasteiger partial charge in [0, 0.05) is 17.8 Å². The van der Waals surface area contributed by atoms with Gasteiger partial charge in [0.05, 0.1) is 19.0 Å². The molecule has 34 heavy (non-hydrogen) atoms. The number of carbonyl (C=O) groups is 3. The zero-order chi connectivity index (χ0) is 24.3. The van der Waals surface area contributed by atoms with E-state index in [1.807, 2.05) is 74.5 Å². The lowest BCUT2D eigenvalue weighted by Gasteiger charge is -2.25. The van der Waals surface area contributed by atoms with Crippen LogP contribution in [0.15, 0.2) is 84.9 Å². The molecular formula is C28H31N3O3. The van der Waals surface area contributed by atoms with Crippen molar-refractivity contribution in [3.63, 3.8) is 0 Å². The third-order valence-electron chi connectivity index (χ3n) is 5.52. The molecule has 0 aliphatic carbocycles. The SMILES string of the molecule is CCCN(CC(=O)Nc1ccccc1C)C(=O)C[C@@H](NC(=O)c1ccccc1)c1ccccc1. The third kappa shape index (κ3) is 7.04. The van der Waals surface area contributed by atoms with Crippen LogP contribution in [0, 0.1) is 6.92 Å². The average Bonchev–Trinajstić information content (AvgIpc) is 2.85. The normalized spacial score (nSPS) is 11.4. The minimum Gasteiger partial charge on any atom is -0.345 e. The van der Waals surface area contributed by atoms with E-state index in [1.165, 1.54) is 0 Å². The molecular weight excluding hydrogens is 426 g/mol. The van der Waals surface area contributed by atoms with Crippen LogP contribution in [-0.2, 0) is 9.59 Å². The highest BCUT2D eigenvalue weighted by Crippen LogP contribution is 2.19. The number of carbonyl (C=O) groups excluding carboxylic acids is 3. The van der Waals surface area contributed by atoms with Crippen molar-refractivity contribution in [3.05, 3.63) is 102 Å². The Morgan fingerprint density at radius 2 is 1.47 bits per heavy atom. The molecule has 6 heteroatoms. The number of para-hydroxylation sites is 1. The summed E-state index contributed by atoms with van der Waals surface area (Å²) in [5, 5.41) is 5.88. The smallest absolute Gasteiger partial charge is 0.251 e. The highest BCUT2D eigenvalue weighted by atomic mass is 16.2. The van der Waals surface area contributed by atoms with Crippen molar-refractivity contribution in [2.75, 3.05) is 18.4 Å². The van der Waals surface area contributed by atoms with Crippen LogP contribution >= 0.6 is 0 Å². The summed E-state index contributed by atoms with van der Waals surface area (Å²) in [5.41, 5.74) is 3.05. The lowest BCUT2D eigenvalue weighted by Crippen LogP contribution is -2.41. The summed E-state index contributed by atoms with van der Waals surface area (Å²) in [6.45, 7) is 4.29. The molecule has 0 aliphatic rings. The minimum atomic E-state index is -0.514. The maximum Gasteiger partial charge on any atom is 0.251 e. The van der Waals surface area contributed by atoms with Gasteiger partial charge in [-0.2, -0.15) is 0 Å². The largest absolute Gasteiger partial charge is 0.345 e. The maximum absolute atomic E-state index is 13.3. The number of nitrogens with zero attached hydrogens (tertiary/aromatic N) is 1. The first-order valence-electron chi connectivity index (χ1n) is 11.5. The number of aryl methyl sites for hydroxylation is 1. The van der Waals surface area contributed by atoms with Gasteiger partial charge in [-0.1, -0.05) is 73.7 Å². The minimum absolute atomic E-state index is 0.0465. The second-order valence-corrected chi connectivity index (χ2v) is 8.19. The first-order valence-corrected chi connectivity index (χ1v) is 11.5. The van der Waals surface area contributed by atoms with Gasteiger partial charge in [0.15, 0.2) is 0 Å². The summed E-state index contributed by atoms with van der Waals surface area (Å²) in [4.78, 5) is 40.4. The Hall–Kier alpha value is -3.93. The van der Waals surface area contributed by atoms with E-state index in [9.17, 15) is 14.4 Å². The maximum atomic E-state index is 13.3. The van der Waals surface area contributed by atoms with E-state index in [4.69, 9.17) is 0 Å². The number of amides is 3. The fourth-order valence-electron chi connectivity index (χ4n) is 3.71. The van der Waals surface area contributed by atoms with Crippen molar-refractivity contribution in [1.29, 1.82) is 0 Å². The molecule has 0 saturated carbocycles. The number of hydrogen-bond donors (Lipinski definition) is 2. The van der Waals surface area contributed by atoms with Gasteiger partial charge < -0.3 is 15.5 Å². The second-order valence-electron chi connectivity index (χ2n) is 8.19. The number of hydrogen-bond acceptors (Lipinski definition) is 3. The van der Waals surface area contributed by atoms with Gasteiger partial charge in [-0.15, -0.1) is 0 Å². The second kappa shape index (κ2) is 12.3. The van der Waals surface area contributed by atoms with E-state index in [0.717, 1.165) is 23.2 Å². The zero-order valence-corrected chi connectivity index (χ0v) is 19.7. The molecule has 0 aromatic heterocycles. The molecule has 3 aromatic rings. The Morgan fingerprint density at radius 3 is 2.12 bits per heavy atom. The van der Waals surface area contributed by atoms with Crippen LogP contribution in [0.5, 0.6) is 0 Å². The van der Waals surface area contributed by atoms with Crippen LogP contribution < -0.4 is 10.6 Å². The third-order valence-corrected chi connectivity index (χ3v) is 5.52. The molecule has 0 radical (unpaired) electrons.